The molecule has 2 rings (SSSR count). The van der Waals surface area contributed by atoms with Gasteiger partial charge in [-0.3, -0.25) is 4.79 Å². The van der Waals surface area contributed by atoms with E-state index in [1.165, 1.54) is 23.9 Å². The fourth-order valence-electron chi connectivity index (χ4n) is 2.01. The van der Waals surface area contributed by atoms with Crippen molar-refractivity contribution in [2.45, 2.75) is 20.0 Å². The van der Waals surface area contributed by atoms with Gasteiger partial charge in [0.2, 0.25) is 5.91 Å². The molecular weight excluding hydrogens is 312 g/mol. The Kier molecular flexibility index (Phi) is 5.47. The van der Waals surface area contributed by atoms with Crippen LogP contribution in [-0.2, 0) is 11.8 Å². The number of hydrogen-bond acceptors (Lipinski definition) is 5. The second kappa shape index (κ2) is 7.54. The highest BCUT2D eigenvalue weighted by molar-refractivity contribution is 6.01. The molecule has 0 bridgehead atoms. The van der Waals surface area contributed by atoms with Crippen LogP contribution in [0, 0.1) is 0 Å². The molecule has 0 radical (unpaired) electrons. The molecule has 0 fully saturated rings. The number of aromatic nitrogens is 1. The molecule has 0 aliphatic heterocycles. The van der Waals surface area contributed by atoms with Gasteiger partial charge in [0.25, 0.3) is 0 Å². The fraction of sp³-hybridized carbons (Fsp3) is 0.294. The first-order valence-corrected chi connectivity index (χ1v) is 7.40. The first kappa shape index (κ1) is 17.4. The monoisotopic (exact) mass is 332 g/mol. The van der Waals surface area contributed by atoms with E-state index in [0.717, 1.165) is 5.56 Å². The summed E-state index contributed by atoms with van der Waals surface area (Å²) in [7, 11) is 3.08. The van der Waals surface area contributed by atoms with Gasteiger partial charge in [0.15, 0.2) is 17.3 Å². The molecular formula is C17H20N2O5. The summed E-state index contributed by atoms with van der Waals surface area (Å²) >= 11 is 0. The molecule has 0 spiro atoms. The van der Waals surface area contributed by atoms with Gasteiger partial charge in [-0.25, -0.2) is 4.79 Å². The van der Waals surface area contributed by atoms with Crippen molar-refractivity contribution in [2.24, 2.45) is 7.05 Å². The van der Waals surface area contributed by atoms with Crippen LogP contribution in [0.4, 0.5) is 5.82 Å². The molecule has 1 N–H and O–H groups in total. The maximum atomic E-state index is 11.9. The molecule has 0 unspecified atom stereocenters. The Labute approximate surface area is 139 Å². The van der Waals surface area contributed by atoms with Gasteiger partial charge in [-0.2, -0.15) is 4.74 Å². The molecule has 2 aromatic rings. The van der Waals surface area contributed by atoms with Crippen LogP contribution in [0.25, 0.3) is 6.08 Å². The van der Waals surface area contributed by atoms with Gasteiger partial charge in [0.1, 0.15) is 0 Å². The van der Waals surface area contributed by atoms with E-state index >= 15 is 0 Å². The maximum absolute atomic E-state index is 11.9. The van der Waals surface area contributed by atoms with E-state index < -0.39 is 5.63 Å². The van der Waals surface area contributed by atoms with E-state index in [9.17, 15) is 9.59 Å². The summed E-state index contributed by atoms with van der Waals surface area (Å²) in [5.74, 6) is 1.13. The molecule has 0 aliphatic rings. The number of carbonyl (C=O) groups is 1. The minimum Gasteiger partial charge on any atom is -0.493 e. The predicted octanol–water partition coefficient (Wildman–Crippen LogP) is 2.43. The van der Waals surface area contributed by atoms with E-state index in [-0.39, 0.29) is 17.8 Å². The first-order chi connectivity index (χ1) is 11.4. The SMILES string of the molecule is COc1cc(/C=C/C(=O)Nc2cc(=O)on2C)ccc1OC(C)C. The zero-order valence-corrected chi connectivity index (χ0v) is 14.0. The van der Waals surface area contributed by atoms with Gasteiger partial charge in [0, 0.05) is 13.1 Å². The van der Waals surface area contributed by atoms with Crippen molar-refractivity contribution in [3.8, 4) is 11.5 Å². The molecule has 128 valence electrons. The maximum Gasteiger partial charge on any atom is 0.359 e. The second-order valence-corrected chi connectivity index (χ2v) is 5.34. The van der Waals surface area contributed by atoms with Crippen molar-refractivity contribution in [3.05, 3.63) is 46.3 Å². The third-order valence-corrected chi connectivity index (χ3v) is 3.05. The van der Waals surface area contributed by atoms with Gasteiger partial charge in [-0.05, 0) is 37.6 Å². The van der Waals surface area contributed by atoms with Crippen molar-refractivity contribution in [3.63, 3.8) is 0 Å². The number of nitrogens with one attached hydrogen (secondary N) is 1. The average Bonchev–Trinajstić information content (AvgIpc) is 2.83. The van der Waals surface area contributed by atoms with Crippen LogP contribution >= 0.6 is 0 Å². The molecule has 0 saturated heterocycles. The number of amides is 1. The van der Waals surface area contributed by atoms with Gasteiger partial charge in [0.05, 0.1) is 19.3 Å². The summed E-state index contributed by atoms with van der Waals surface area (Å²) < 4.78 is 16.9. The number of aryl methyl sites for hydroxylation is 1. The number of carbonyl (C=O) groups excluding carboxylic acids is 1. The minimum atomic E-state index is -0.526. The normalized spacial score (nSPS) is 11.0. The molecule has 24 heavy (non-hydrogen) atoms. The van der Waals surface area contributed by atoms with Gasteiger partial charge in [-0.1, -0.05) is 6.07 Å². The average molecular weight is 332 g/mol. The highest BCUT2D eigenvalue weighted by atomic mass is 16.5. The Balaban J connectivity index is 2.09. The summed E-state index contributed by atoms with van der Waals surface area (Å²) in [4.78, 5) is 23.0. The Morgan fingerprint density at radius 2 is 2.04 bits per heavy atom. The van der Waals surface area contributed by atoms with Gasteiger partial charge < -0.3 is 19.3 Å². The lowest BCUT2D eigenvalue weighted by atomic mass is 10.2. The Morgan fingerprint density at radius 3 is 2.62 bits per heavy atom. The van der Waals surface area contributed by atoms with Crippen LogP contribution in [0.15, 0.2) is 39.7 Å². The quantitative estimate of drug-likeness (QED) is 0.822. The minimum absolute atomic E-state index is 0.0349. The number of anilines is 1. The van der Waals surface area contributed by atoms with E-state index in [0.29, 0.717) is 11.5 Å². The van der Waals surface area contributed by atoms with Crippen molar-refractivity contribution in [1.82, 2.24) is 4.74 Å². The fourth-order valence-corrected chi connectivity index (χ4v) is 2.01. The molecule has 7 heteroatoms. The Bertz CT molecular complexity index is 802. The van der Waals surface area contributed by atoms with Gasteiger partial charge >= 0.3 is 5.63 Å². The van der Waals surface area contributed by atoms with E-state index in [1.807, 2.05) is 19.9 Å². The number of hydrogen-bond donors (Lipinski definition) is 1. The standard InChI is InChI=1S/C17H20N2O5/c1-11(2)23-13-7-5-12(9-14(13)22-4)6-8-16(20)18-15-10-17(21)24-19(15)3/h5-11H,1-4H3,(H,18,20)/b8-6+. The van der Waals surface area contributed by atoms with Crippen molar-refractivity contribution in [2.75, 3.05) is 12.4 Å². The number of benzene rings is 1. The molecule has 0 atom stereocenters. The van der Waals surface area contributed by atoms with E-state index in [4.69, 9.17) is 14.0 Å². The second-order valence-electron chi connectivity index (χ2n) is 5.34. The Morgan fingerprint density at radius 1 is 1.29 bits per heavy atom. The van der Waals surface area contributed by atoms with Crippen molar-refractivity contribution in [1.29, 1.82) is 0 Å². The zero-order chi connectivity index (χ0) is 17.7. The molecule has 1 amide bonds. The summed E-state index contributed by atoms with van der Waals surface area (Å²) in [5, 5.41) is 2.55. The summed E-state index contributed by atoms with van der Waals surface area (Å²) in [6, 6.07) is 6.58. The van der Waals surface area contributed by atoms with Crippen LogP contribution in [0.5, 0.6) is 11.5 Å². The topological polar surface area (TPSA) is 82.7 Å². The molecule has 7 nitrogen and oxygen atoms in total. The predicted molar refractivity (Wildman–Crippen MR) is 90.4 cm³/mol. The Hall–Kier alpha value is -2.96. The number of rotatable bonds is 6. The first-order valence-electron chi connectivity index (χ1n) is 7.40. The number of ether oxygens (including phenoxy) is 2. The van der Waals surface area contributed by atoms with Crippen LogP contribution in [0.3, 0.4) is 0 Å². The third-order valence-electron chi connectivity index (χ3n) is 3.05. The van der Waals surface area contributed by atoms with Crippen molar-refractivity contribution >= 4 is 17.8 Å². The van der Waals surface area contributed by atoms with Crippen LogP contribution in [-0.4, -0.2) is 23.9 Å². The van der Waals surface area contributed by atoms with Crippen LogP contribution in [0.2, 0.25) is 0 Å². The molecule has 1 heterocycles. The lowest BCUT2D eigenvalue weighted by Crippen LogP contribution is -2.10. The lowest BCUT2D eigenvalue weighted by molar-refractivity contribution is -0.111. The lowest BCUT2D eigenvalue weighted by Gasteiger charge is -2.13. The molecule has 1 aromatic heterocycles. The number of methoxy groups -OCH3 is 1. The summed E-state index contributed by atoms with van der Waals surface area (Å²) in [5.41, 5.74) is 0.251. The smallest absolute Gasteiger partial charge is 0.359 e. The van der Waals surface area contributed by atoms with Crippen LogP contribution < -0.4 is 20.4 Å². The van der Waals surface area contributed by atoms with E-state index in [2.05, 4.69) is 5.32 Å². The van der Waals surface area contributed by atoms with Crippen molar-refractivity contribution < 1.29 is 18.8 Å². The number of nitrogens with zero attached hydrogens (tertiary/aromatic N) is 1. The summed E-state index contributed by atoms with van der Waals surface area (Å²) in [6.07, 6.45) is 3.03. The summed E-state index contributed by atoms with van der Waals surface area (Å²) in [6.45, 7) is 3.86. The molecule has 0 aliphatic carbocycles. The highest BCUT2D eigenvalue weighted by Gasteiger charge is 2.08. The van der Waals surface area contributed by atoms with Gasteiger partial charge in [-0.15, -0.1) is 0 Å². The van der Waals surface area contributed by atoms with Crippen LogP contribution in [0.1, 0.15) is 19.4 Å². The third kappa shape index (κ3) is 4.52. The molecule has 1 aromatic carbocycles. The highest BCUT2D eigenvalue weighted by Crippen LogP contribution is 2.29. The molecule has 0 saturated carbocycles. The zero-order valence-electron chi connectivity index (χ0n) is 14.0. The van der Waals surface area contributed by atoms with E-state index in [1.54, 1.807) is 25.3 Å². The largest absolute Gasteiger partial charge is 0.493 e.